The lowest BCUT2D eigenvalue weighted by atomic mass is 9.97. The topological polar surface area (TPSA) is 19.6 Å². The van der Waals surface area contributed by atoms with E-state index in [1.54, 1.807) is 0 Å². The number of benzene rings is 11. The molecule has 67 heavy (non-hydrogen) atoms. The van der Waals surface area contributed by atoms with Crippen molar-refractivity contribution in [3.8, 4) is 44.5 Å². The van der Waals surface area contributed by atoms with Gasteiger partial charge in [-0.25, -0.2) is 0 Å². The van der Waals surface area contributed by atoms with E-state index in [0.717, 1.165) is 78.3 Å². The Kier molecular flexibility index (Phi) is 10.2. The molecular weight excluding hydrogens is 813 g/mol. The largest absolute Gasteiger partial charge is 0.456 e. The van der Waals surface area contributed by atoms with Gasteiger partial charge in [0.2, 0.25) is 0 Å². The van der Waals surface area contributed by atoms with Crippen LogP contribution in [0, 0.1) is 0 Å². The fourth-order valence-electron chi connectivity index (χ4n) is 9.57. The van der Waals surface area contributed by atoms with Crippen molar-refractivity contribution in [3.63, 3.8) is 0 Å². The first kappa shape index (κ1) is 39.7. The molecule has 1 heterocycles. The third-order valence-corrected chi connectivity index (χ3v) is 12.8. The molecule has 0 unspecified atom stereocenters. The summed E-state index contributed by atoms with van der Waals surface area (Å²) in [7, 11) is 0. The van der Waals surface area contributed by atoms with Crippen LogP contribution in [0.5, 0.6) is 0 Å². The van der Waals surface area contributed by atoms with Crippen LogP contribution in [-0.2, 0) is 0 Å². The van der Waals surface area contributed by atoms with Crippen LogP contribution in [0.3, 0.4) is 0 Å². The highest BCUT2D eigenvalue weighted by Gasteiger charge is 2.23. The quantitative estimate of drug-likeness (QED) is 0.137. The second kappa shape index (κ2) is 17.2. The van der Waals surface area contributed by atoms with E-state index in [4.69, 9.17) is 4.42 Å². The van der Waals surface area contributed by atoms with Gasteiger partial charge in [-0.3, -0.25) is 0 Å². The van der Waals surface area contributed by atoms with Crippen LogP contribution in [0.2, 0.25) is 0 Å². The lowest BCUT2D eigenvalue weighted by molar-refractivity contribution is 0.669. The minimum atomic E-state index is 0.845. The molecule has 0 fully saturated rings. The zero-order valence-corrected chi connectivity index (χ0v) is 36.7. The van der Waals surface area contributed by atoms with Crippen LogP contribution in [0.1, 0.15) is 0 Å². The zero-order valence-electron chi connectivity index (χ0n) is 36.7. The molecule has 0 radical (unpaired) electrons. The van der Waals surface area contributed by atoms with Gasteiger partial charge in [0.1, 0.15) is 11.2 Å². The molecule has 0 N–H and O–H groups in total. The first-order chi connectivity index (χ1) is 33.2. The monoisotopic (exact) mass is 856 g/mol. The predicted octanol–water partition coefficient (Wildman–Crippen LogP) is 18.3. The molecule has 0 saturated heterocycles. The van der Waals surface area contributed by atoms with Gasteiger partial charge in [0.05, 0.1) is 11.4 Å². The molecular formula is C64H44N2O. The lowest BCUT2D eigenvalue weighted by Crippen LogP contribution is -2.13. The first-order valence-electron chi connectivity index (χ1n) is 22.8. The Labute approximate surface area is 390 Å². The molecule has 0 amide bonds. The zero-order chi connectivity index (χ0) is 44.5. The Morgan fingerprint density at radius 1 is 0.239 bits per heavy atom. The van der Waals surface area contributed by atoms with Gasteiger partial charge in [-0.05, 0) is 117 Å². The fraction of sp³-hybridized carbons (Fsp3) is 0. The Hall–Kier alpha value is -8.92. The normalized spacial score (nSPS) is 11.3. The van der Waals surface area contributed by atoms with E-state index in [9.17, 15) is 0 Å². The van der Waals surface area contributed by atoms with E-state index in [1.165, 1.54) is 33.0 Å². The maximum atomic E-state index is 6.53. The van der Waals surface area contributed by atoms with E-state index in [-0.39, 0.29) is 0 Å². The van der Waals surface area contributed by atoms with Gasteiger partial charge in [0, 0.05) is 50.7 Å². The van der Waals surface area contributed by atoms with Crippen LogP contribution in [-0.4, -0.2) is 0 Å². The van der Waals surface area contributed by atoms with Gasteiger partial charge in [-0.15, -0.1) is 0 Å². The summed E-state index contributed by atoms with van der Waals surface area (Å²) >= 11 is 0. The predicted molar refractivity (Wildman–Crippen MR) is 282 cm³/mol. The van der Waals surface area contributed by atoms with Crippen molar-refractivity contribution in [2.24, 2.45) is 0 Å². The van der Waals surface area contributed by atoms with Crippen LogP contribution in [0.15, 0.2) is 271 Å². The van der Waals surface area contributed by atoms with Crippen molar-refractivity contribution in [3.05, 3.63) is 267 Å². The highest BCUT2D eigenvalue weighted by atomic mass is 16.3. The van der Waals surface area contributed by atoms with Gasteiger partial charge in [0.15, 0.2) is 0 Å². The Morgan fingerprint density at radius 2 is 0.672 bits per heavy atom. The van der Waals surface area contributed by atoms with Crippen molar-refractivity contribution < 1.29 is 4.42 Å². The van der Waals surface area contributed by atoms with Crippen molar-refractivity contribution in [1.82, 2.24) is 0 Å². The summed E-state index contributed by atoms with van der Waals surface area (Å²) in [5.74, 6) is 0. The molecule has 0 atom stereocenters. The van der Waals surface area contributed by atoms with Gasteiger partial charge < -0.3 is 14.2 Å². The maximum absolute atomic E-state index is 6.53. The second-order valence-electron chi connectivity index (χ2n) is 16.9. The highest BCUT2D eigenvalue weighted by Crippen LogP contribution is 2.48. The number of anilines is 6. The minimum Gasteiger partial charge on any atom is -0.456 e. The Balaban J connectivity index is 1.04. The molecule has 0 aliphatic heterocycles. The van der Waals surface area contributed by atoms with Crippen molar-refractivity contribution in [2.45, 2.75) is 0 Å². The van der Waals surface area contributed by atoms with E-state index in [2.05, 4.69) is 265 Å². The third kappa shape index (κ3) is 7.59. The Bertz CT molecular complexity index is 3690. The smallest absolute Gasteiger partial charge is 0.137 e. The van der Waals surface area contributed by atoms with Crippen molar-refractivity contribution >= 4 is 66.8 Å². The SMILES string of the molecule is c1ccc(-c2ccc(N(c3ccc4cc(-c5ccccc5)ccc4c3)c3ccccc3-c3ccccc3N(c3cccc(-c4ccccc4)c3)c3ccc4c(c3)oc3ccccc34)cc2)cc1. The van der Waals surface area contributed by atoms with Crippen LogP contribution < -0.4 is 9.80 Å². The fourth-order valence-corrected chi connectivity index (χ4v) is 9.57. The standard InChI is InChI=1S/C64H44N2O/c1-4-17-45(18-5-1)48-33-36-53(37-34-48)65(55-38-35-51-41-50(31-32-52(51)43-55)47-21-8-3-9-22-47)61-28-13-10-25-57(61)58-26-11-14-29-62(58)66(54-24-16-23-49(42-54)46-19-6-2-7-20-46)56-39-40-60-59-27-12-15-30-63(59)67-64(60)44-56/h1-44H. The molecule has 12 aromatic rings. The maximum Gasteiger partial charge on any atom is 0.137 e. The van der Waals surface area contributed by atoms with E-state index in [1.807, 2.05) is 12.1 Å². The molecule has 0 bridgehead atoms. The molecule has 0 aliphatic rings. The average molecular weight is 857 g/mol. The molecule has 11 aromatic carbocycles. The van der Waals surface area contributed by atoms with E-state index >= 15 is 0 Å². The second-order valence-corrected chi connectivity index (χ2v) is 16.9. The summed E-state index contributed by atoms with van der Waals surface area (Å²) in [5, 5.41) is 4.57. The molecule has 0 aliphatic carbocycles. The summed E-state index contributed by atoms with van der Waals surface area (Å²) in [4.78, 5) is 4.79. The summed E-state index contributed by atoms with van der Waals surface area (Å²) in [6.45, 7) is 0. The van der Waals surface area contributed by atoms with Crippen molar-refractivity contribution in [2.75, 3.05) is 9.80 Å². The van der Waals surface area contributed by atoms with E-state index < -0.39 is 0 Å². The van der Waals surface area contributed by atoms with Crippen LogP contribution in [0.25, 0.3) is 77.2 Å². The summed E-state index contributed by atoms with van der Waals surface area (Å²) in [5.41, 5.74) is 17.3. The third-order valence-electron chi connectivity index (χ3n) is 12.8. The summed E-state index contributed by atoms with van der Waals surface area (Å²) in [6.07, 6.45) is 0. The molecule has 0 saturated carbocycles. The molecule has 0 spiro atoms. The van der Waals surface area contributed by atoms with Gasteiger partial charge in [-0.1, -0.05) is 188 Å². The number of nitrogens with zero attached hydrogens (tertiary/aromatic N) is 2. The number of rotatable bonds is 10. The molecule has 1 aromatic heterocycles. The number of hydrogen-bond donors (Lipinski definition) is 0. The first-order valence-corrected chi connectivity index (χ1v) is 22.8. The van der Waals surface area contributed by atoms with Crippen LogP contribution >= 0.6 is 0 Å². The lowest BCUT2D eigenvalue weighted by Gasteiger charge is -2.31. The average Bonchev–Trinajstić information content (AvgIpc) is 3.78. The molecule has 12 rings (SSSR count). The van der Waals surface area contributed by atoms with E-state index in [0.29, 0.717) is 0 Å². The molecule has 3 heteroatoms. The van der Waals surface area contributed by atoms with Gasteiger partial charge in [-0.2, -0.15) is 0 Å². The minimum absolute atomic E-state index is 0.845. The number of hydrogen-bond acceptors (Lipinski definition) is 3. The summed E-state index contributed by atoms with van der Waals surface area (Å²) in [6, 6.07) is 95.7. The number of furan rings is 1. The summed E-state index contributed by atoms with van der Waals surface area (Å²) < 4.78 is 6.53. The molecule has 3 nitrogen and oxygen atoms in total. The highest BCUT2D eigenvalue weighted by molar-refractivity contribution is 6.07. The Morgan fingerprint density at radius 3 is 1.36 bits per heavy atom. The van der Waals surface area contributed by atoms with Gasteiger partial charge in [0.25, 0.3) is 0 Å². The number of fused-ring (bicyclic) bond motifs is 4. The molecule has 316 valence electrons. The van der Waals surface area contributed by atoms with Crippen LogP contribution in [0.4, 0.5) is 34.1 Å². The number of para-hydroxylation sites is 3. The van der Waals surface area contributed by atoms with Crippen molar-refractivity contribution in [1.29, 1.82) is 0 Å². The van der Waals surface area contributed by atoms with Gasteiger partial charge >= 0.3 is 0 Å².